The Morgan fingerprint density at radius 1 is 1.12 bits per heavy atom. The topological polar surface area (TPSA) is 101 Å². The van der Waals surface area contributed by atoms with E-state index < -0.39 is 0 Å². The van der Waals surface area contributed by atoms with Crippen molar-refractivity contribution >= 4 is 17.6 Å². The number of anilines is 1. The third kappa shape index (κ3) is 3.93. The van der Waals surface area contributed by atoms with Crippen LogP contribution >= 0.6 is 0 Å². The summed E-state index contributed by atoms with van der Waals surface area (Å²) in [4.78, 5) is 34.4. The van der Waals surface area contributed by atoms with Crippen molar-refractivity contribution in [1.82, 2.24) is 20.2 Å². The van der Waals surface area contributed by atoms with Gasteiger partial charge in [0, 0.05) is 37.1 Å². The summed E-state index contributed by atoms with van der Waals surface area (Å²) in [6.45, 7) is 3.20. The molecule has 2 heterocycles. The van der Waals surface area contributed by atoms with Crippen LogP contribution in [0.5, 0.6) is 0 Å². The first-order valence-electron chi connectivity index (χ1n) is 8.28. The van der Waals surface area contributed by atoms with E-state index in [1.165, 1.54) is 12.4 Å². The molecule has 3 rings (SSSR count). The Balaban J connectivity index is 1.55. The molecule has 0 spiro atoms. The molecule has 1 aromatic heterocycles. The second-order valence-corrected chi connectivity index (χ2v) is 6.20. The van der Waals surface area contributed by atoms with Crippen LogP contribution in [0.1, 0.15) is 39.3 Å². The van der Waals surface area contributed by atoms with Gasteiger partial charge in [-0.1, -0.05) is 17.7 Å². The lowest BCUT2D eigenvalue weighted by Gasteiger charge is -2.32. The Kier molecular flexibility index (Phi) is 4.92. The van der Waals surface area contributed by atoms with E-state index in [0.717, 1.165) is 5.56 Å². The number of amides is 2. The summed E-state index contributed by atoms with van der Waals surface area (Å²) in [5.41, 5.74) is 7.64. The molecule has 7 heteroatoms. The quantitative estimate of drug-likeness (QED) is 0.880. The first kappa shape index (κ1) is 16.9. The summed E-state index contributed by atoms with van der Waals surface area (Å²) in [6, 6.07) is 7.57. The molecular formula is C18H21N5O2. The minimum Gasteiger partial charge on any atom is -0.382 e. The Morgan fingerprint density at radius 2 is 1.76 bits per heavy atom. The number of benzene rings is 1. The van der Waals surface area contributed by atoms with Crippen LogP contribution in [0.3, 0.4) is 0 Å². The maximum Gasteiger partial charge on any atom is 0.273 e. The summed E-state index contributed by atoms with van der Waals surface area (Å²) in [5, 5.41) is 2.92. The third-order valence-electron chi connectivity index (χ3n) is 4.36. The average molecular weight is 339 g/mol. The molecule has 7 nitrogen and oxygen atoms in total. The molecule has 130 valence electrons. The molecule has 25 heavy (non-hydrogen) atoms. The molecule has 1 aliphatic heterocycles. The van der Waals surface area contributed by atoms with Gasteiger partial charge in [0.2, 0.25) is 0 Å². The molecule has 0 bridgehead atoms. The molecule has 1 saturated heterocycles. The standard InChI is InChI=1S/C18H21N5O2/c1-12-2-4-13(5-3-12)18(25)23-10-6-14(7-11-23)22-17(24)15-16(19)21-9-8-20-15/h2-5,8-9,14H,6-7,10-11H2,1H3,(H2,19,21)(H,22,24). The minimum absolute atomic E-state index is 0.00373. The molecule has 1 aromatic carbocycles. The van der Waals surface area contributed by atoms with E-state index in [4.69, 9.17) is 5.73 Å². The highest BCUT2D eigenvalue weighted by atomic mass is 16.2. The van der Waals surface area contributed by atoms with Crippen LogP contribution in [0, 0.1) is 6.92 Å². The van der Waals surface area contributed by atoms with Crippen LogP contribution in [0.15, 0.2) is 36.7 Å². The van der Waals surface area contributed by atoms with Gasteiger partial charge in [-0.15, -0.1) is 0 Å². The lowest BCUT2D eigenvalue weighted by atomic mass is 10.0. The molecule has 0 saturated carbocycles. The number of carbonyl (C=O) groups is 2. The summed E-state index contributed by atoms with van der Waals surface area (Å²) in [5.74, 6) is -0.177. The molecule has 0 radical (unpaired) electrons. The van der Waals surface area contributed by atoms with Crippen molar-refractivity contribution in [3.63, 3.8) is 0 Å². The highest BCUT2D eigenvalue weighted by Crippen LogP contribution is 2.15. The van der Waals surface area contributed by atoms with Gasteiger partial charge in [-0.3, -0.25) is 9.59 Å². The van der Waals surface area contributed by atoms with Crippen molar-refractivity contribution in [2.24, 2.45) is 0 Å². The Bertz CT molecular complexity index is 767. The number of aromatic nitrogens is 2. The fourth-order valence-electron chi connectivity index (χ4n) is 2.88. The van der Waals surface area contributed by atoms with Gasteiger partial charge in [0.05, 0.1) is 0 Å². The van der Waals surface area contributed by atoms with Crippen molar-refractivity contribution < 1.29 is 9.59 Å². The number of nitrogens with one attached hydrogen (secondary N) is 1. The van der Waals surface area contributed by atoms with Crippen molar-refractivity contribution in [3.05, 3.63) is 53.5 Å². The normalized spacial score (nSPS) is 15.0. The second-order valence-electron chi connectivity index (χ2n) is 6.20. The van der Waals surface area contributed by atoms with Gasteiger partial charge in [0.15, 0.2) is 11.5 Å². The number of carbonyl (C=O) groups excluding carboxylic acids is 2. The second kappa shape index (κ2) is 7.29. The fourth-order valence-corrected chi connectivity index (χ4v) is 2.88. The van der Waals surface area contributed by atoms with E-state index in [0.29, 0.717) is 31.5 Å². The van der Waals surface area contributed by atoms with E-state index in [9.17, 15) is 9.59 Å². The van der Waals surface area contributed by atoms with Gasteiger partial charge in [0.25, 0.3) is 11.8 Å². The van der Waals surface area contributed by atoms with Crippen LogP contribution in [0.25, 0.3) is 0 Å². The zero-order valence-corrected chi connectivity index (χ0v) is 14.1. The highest BCUT2D eigenvalue weighted by molar-refractivity contribution is 5.96. The molecule has 3 N–H and O–H groups in total. The van der Waals surface area contributed by atoms with Gasteiger partial charge < -0.3 is 16.0 Å². The number of piperidine rings is 1. The Morgan fingerprint density at radius 3 is 2.40 bits per heavy atom. The smallest absolute Gasteiger partial charge is 0.273 e. The lowest BCUT2D eigenvalue weighted by molar-refractivity contribution is 0.0698. The summed E-state index contributed by atoms with van der Waals surface area (Å²) in [7, 11) is 0. The fraction of sp³-hybridized carbons (Fsp3) is 0.333. The molecule has 0 aliphatic carbocycles. The first-order chi connectivity index (χ1) is 12.0. The minimum atomic E-state index is -0.325. The van der Waals surface area contributed by atoms with Crippen LogP contribution in [0.2, 0.25) is 0 Å². The van der Waals surface area contributed by atoms with E-state index in [2.05, 4.69) is 15.3 Å². The Hall–Kier alpha value is -2.96. The molecule has 0 unspecified atom stereocenters. The number of nitrogen functional groups attached to an aromatic ring is 1. The molecule has 1 aliphatic rings. The van der Waals surface area contributed by atoms with Crippen LogP contribution < -0.4 is 11.1 Å². The van der Waals surface area contributed by atoms with E-state index in [1.807, 2.05) is 36.1 Å². The monoisotopic (exact) mass is 339 g/mol. The van der Waals surface area contributed by atoms with Crippen molar-refractivity contribution in [1.29, 1.82) is 0 Å². The number of hydrogen-bond donors (Lipinski definition) is 2. The largest absolute Gasteiger partial charge is 0.382 e. The average Bonchev–Trinajstić information content (AvgIpc) is 2.63. The van der Waals surface area contributed by atoms with Crippen LogP contribution in [-0.4, -0.2) is 45.8 Å². The van der Waals surface area contributed by atoms with Crippen molar-refractivity contribution in [3.8, 4) is 0 Å². The number of likely N-dealkylation sites (tertiary alicyclic amines) is 1. The lowest BCUT2D eigenvalue weighted by Crippen LogP contribution is -2.46. The van der Waals surface area contributed by atoms with Crippen molar-refractivity contribution in [2.75, 3.05) is 18.8 Å². The zero-order valence-electron chi connectivity index (χ0n) is 14.1. The Labute approximate surface area is 146 Å². The number of nitrogens with zero attached hydrogens (tertiary/aromatic N) is 3. The third-order valence-corrected chi connectivity index (χ3v) is 4.36. The summed E-state index contributed by atoms with van der Waals surface area (Å²) >= 11 is 0. The molecule has 2 amide bonds. The van der Waals surface area contributed by atoms with Gasteiger partial charge in [-0.2, -0.15) is 0 Å². The summed E-state index contributed by atoms with van der Waals surface area (Å²) < 4.78 is 0. The van der Waals surface area contributed by atoms with Crippen LogP contribution in [-0.2, 0) is 0 Å². The number of hydrogen-bond acceptors (Lipinski definition) is 5. The maximum atomic E-state index is 12.5. The SMILES string of the molecule is Cc1ccc(C(=O)N2CCC(NC(=O)c3nccnc3N)CC2)cc1. The first-order valence-corrected chi connectivity index (χ1v) is 8.28. The maximum absolute atomic E-state index is 12.5. The summed E-state index contributed by atoms with van der Waals surface area (Å²) in [6.07, 6.45) is 4.28. The van der Waals surface area contributed by atoms with Gasteiger partial charge in [-0.05, 0) is 31.9 Å². The van der Waals surface area contributed by atoms with Gasteiger partial charge in [-0.25, -0.2) is 9.97 Å². The predicted molar refractivity (Wildman–Crippen MR) is 94.0 cm³/mol. The zero-order chi connectivity index (χ0) is 17.8. The highest BCUT2D eigenvalue weighted by Gasteiger charge is 2.25. The van der Waals surface area contributed by atoms with Gasteiger partial charge >= 0.3 is 0 Å². The number of nitrogens with two attached hydrogens (primary N) is 1. The van der Waals surface area contributed by atoms with E-state index in [1.54, 1.807) is 0 Å². The number of rotatable bonds is 3. The molecular weight excluding hydrogens is 318 g/mol. The van der Waals surface area contributed by atoms with Gasteiger partial charge in [0.1, 0.15) is 0 Å². The molecule has 2 aromatic rings. The van der Waals surface area contributed by atoms with E-state index >= 15 is 0 Å². The predicted octanol–water partition coefficient (Wildman–Crippen LogP) is 1.40. The van der Waals surface area contributed by atoms with E-state index in [-0.39, 0.29) is 29.4 Å². The van der Waals surface area contributed by atoms with Crippen LogP contribution in [0.4, 0.5) is 5.82 Å². The van der Waals surface area contributed by atoms with Crippen molar-refractivity contribution in [2.45, 2.75) is 25.8 Å². The molecule has 1 fully saturated rings. The molecule has 0 atom stereocenters. The number of aryl methyl sites for hydroxylation is 1.